The highest BCUT2D eigenvalue weighted by Gasteiger charge is 2.22. The highest BCUT2D eigenvalue weighted by atomic mass is 16.3. The van der Waals surface area contributed by atoms with Crippen molar-refractivity contribution in [1.82, 2.24) is 24.1 Å². The third-order valence-electron chi connectivity index (χ3n) is 12.4. The number of rotatable bonds is 6. The van der Waals surface area contributed by atoms with Crippen LogP contribution in [0.15, 0.2) is 217 Å². The molecule has 0 saturated heterocycles. The third kappa shape index (κ3) is 5.62. The smallest absolute Gasteiger partial charge is 0.164 e. The zero-order chi connectivity index (χ0) is 41.4. The largest absolute Gasteiger partial charge is 0.456 e. The summed E-state index contributed by atoms with van der Waals surface area (Å²) >= 11 is 0. The van der Waals surface area contributed by atoms with E-state index in [0.717, 1.165) is 88.5 Å². The minimum atomic E-state index is 0.616. The Morgan fingerprint density at radius 3 is 1.60 bits per heavy atom. The molecule has 0 N–H and O–H groups in total. The maximum atomic E-state index is 6.23. The Morgan fingerprint density at radius 1 is 0.302 bits per heavy atom. The molecule has 0 aliphatic carbocycles. The molecule has 13 rings (SSSR count). The minimum Gasteiger partial charge on any atom is -0.456 e. The lowest BCUT2D eigenvalue weighted by atomic mass is 9.99. The molecule has 6 heteroatoms. The summed E-state index contributed by atoms with van der Waals surface area (Å²) in [5.74, 6) is 1.87. The van der Waals surface area contributed by atoms with Gasteiger partial charge in [0.2, 0.25) is 0 Å². The Hall–Kier alpha value is -8.61. The molecule has 294 valence electrons. The maximum Gasteiger partial charge on any atom is 0.164 e. The SMILES string of the molecule is c1ccc(-c2nc(-c3ccccc3)nc(-c3cccc4c3c3cc(-c5ccc6oc7ccccc7c6c5)ccc3n4-c3ccc4c(c3)c3ccccc3n4-c3ccccc3)n2)cc1. The monoisotopic (exact) mass is 805 g/mol. The van der Waals surface area contributed by atoms with Gasteiger partial charge in [0.1, 0.15) is 11.2 Å². The van der Waals surface area contributed by atoms with Crippen LogP contribution in [0.4, 0.5) is 0 Å². The molecule has 6 nitrogen and oxygen atoms in total. The highest BCUT2D eigenvalue weighted by molar-refractivity contribution is 6.17. The van der Waals surface area contributed by atoms with E-state index in [0.29, 0.717) is 17.5 Å². The molecular weight excluding hydrogens is 771 g/mol. The number of fused-ring (bicyclic) bond motifs is 9. The van der Waals surface area contributed by atoms with E-state index in [-0.39, 0.29) is 0 Å². The molecule has 9 aromatic carbocycles. The fraction of sp³-hybridized carbons (Fsp3) is 0. The Kier molecular flexibility index (Phi) is 7.80. The standard InChI is InChI=1S/C57H35N5O/c1-4-15-36(16-5-1)55-58-56(37-17-6-2-7-18-37)60-57(59-55)44-23-14-25-51-54(44)47-34-38(39-28-32-53-46(33-39)43-22-11-13-26-52(43)63-53)27-30-50(47)62(51)41-29-31-49-45(35-41)42-21-10-12-24-48(42)61(49)40-19-8-3-9-20-40/h1-35H. The van der Waals surface area contributed by atoms with Crippen molar-refractivity contribution >= 4 is 65.6 Å². The van der Waals surface area contributed by atoms with Gasteiger partial charge in [-0.2, -0.15) is 0 Å². The van der Waals surface area contributed by atoms with Crippen molar-refractivity contribution in [3.63, 3.8) is 0 Å². The van der Waals surface area contributed by atoms with E-state index in [1.807, 2.05) is 48.5 Å². The van der Waals surface area contributed by atoms with Crippen LogP contribution in [-0.4, -0.2) is 24.1 Å². The third-order valence-corrected chi connectivity index (χ3v) is 12.4. The van der Waals surface area contributed by atoms with Gasteiger partial charge in [-0.25, -0.2) is 15.0 Å². The number of hydrogen-bond donors (Lipinski definition) is 0. The lowest BCUT2D eigenvalue weighted by molar-refractivity contribution is 0.669. The molecular formula is C57H35N5O. The number of nitrogens with zero attached hydrogens (tertiary/aromatic N) is 5. The average Bonchev–Trinajstić information content (AvgIpc) is 4.01. The molecule has 0 fully saturated rings. The van der Waals surface area contributed by atoms with Gasteiger partial charge in [0.15, 0.2) is 17.5 Å². The summed E-state index contributed by atoms with van der Waals surface area (Å²) in [6, 6.07) is 74.6. The first-order valence-electron chi connectivity index (χ1n) is 21.2. The normalized spacial score (nSPS) is 11.8. The molecule has 0 spiro atoms. The van der Waals surface area contributed by atoms with Crippen molar-refractivity contribution in [3.8, 4) is 56.7 Å². The van der Waals surface area contributed by atoms with Crippen LogP contribution < -0.4 is 0 Å². The topological polar surface area (TPSA) is 61.7 Å². The fourth-order valence-electron chi connectivity index (χ4n) is 9.50. The Morgan fingerprint density at radius 2 is 0.841 bits per heavy atom. The number of para-hydroxylation sites is 3. The molecule has 0 aliphatic rings. The van der Waals surface area contributed by atoms with Crippen LogP contribution in [0.25, 0.3) is 122 Å². The molecule has 0 aliphatic heterocycles. The molecule has 0 atom stereocenters. The van der Waals surface area contributed by atoms with Crippen LogP contribution in [-0.2, 0) is 0 Å². The van der Waals surface area contributed by atoms with Gasteiger partial charge in [-0.05, 0) is 83.9 Å². The van der Waals surface area contributed by atoms with Crippen molar-refractivity contribution in [3.05, 3.63) is 212 Å². The van der Waals surface area contributed by atoms with E-state index in [1.54, 1.807) is 0 Å². The van der Waals surface area contributed by atoms with Gasteiger partial charge in [0.25, 0.3) is 0 Å². The first kappa shape index (κ1) is 35.2. The molecule has 0 amide bonds. The van der Waals surface area contributed by atoms with Crippen molar-refractivity contribution < 1.29 is 4.42 Å². The maximum absolute atomic E-state index is 6.23. The van der Waals surface area contributed by atoms with Crippen LogP contribution in [0.3, 0.4) is 0 Å². The summed E-state index contributed by atoms with van der Waals surface area (Å²) in [6.45, 7) is 0. The number of aromatic nitrogens is 5. The van der Waals surface area contributed by atoms with Crippen LogP contribution >= 0.6 is 0 Å². The second-order valence-corrected chi connectivity index (χ2v) is 16.0. The van der Waals surface area contributed by atoms with Gasteiger partial charge in [0, 0.05) is 60.4 Å². The molecule has 63 heavy (non-hydrogen) atoms. The van der Waals surface area contributed by atoms with E-state index in [2.05, 4.69) is 173 Å². The van der Waals surface area contributed by atoms with Gasteiger partial charge in [-0.15, -0.1) is 0 Å². The van der Waals surface area contributed by atoms with Gasteiger partial charge in [0.05, 0.1) is 22.1 Å². The van der Waals surface area contributed by atoms with Gasteiger partial charge >= 0.3 is 0 Å². The van der Waals surface area contributed by atoms with E-state index in [9.17, 15) is 0 Å². The molecule has 0 radical (unpaired) electrons. The number of furan rings is 1. The second kappa shape index (κ2) is 14.0. The zero-order valence-electron chi connectivity index (χ0n) is 33.9. The molecule has 0 unspecified atom stereocenters. The lowest BCUT2D eigenvalue weighted by Crippen LogP contribution is -2.00. The van der Waals surface area contributed by atoms with Gasteiger partial charge < -0.3 is 13.6 Å². The molecule has 4 heterocycles. The van der Waals surface area contributed by atoms with Crippen LogP contribution in [0, 0.1) is 0 Å². The Labute approximate surface area is 361 Å². The quantitative estimate of drug-likeness (QED) is 0.168. The first-order chi connectivity index (χ1) is 31.2. The van der Waals surface area contributed by atoms with E-state index in [1.165, 1.54) is 16.3 Å². The summed E-state index contributed by atoms with van der Waals surface area (Å²) < 4.78 is 11.0. The molecule has 0 bridgehead atoms. The van der Waals surface area contributed by atoms with E-state index in [4.69, 9.17) is 19.4 Å². The zero-order valence-corrected chi connectivity index (χ0v) is 33.9. The van der Waals surface area contributed by atoms with Crippen molar-refractivity contribution in [1.29, 1.82) is 0 Å². The first-order valence-corrected chi connectivity index (χ1v) is 21.2. The minimum absolute atomic E-state index is 0.616. The van der Waals surface area contributed by atoms with E-state index >= 15 is 0 Å². The van der Waals surface area contributed by atoms with Crippen LogP contribution in [0.2, 0.25) is 0 Å². The number of benzene rings is 9. The Bertz CT molecular complexity index is 3850. The lowest BCUT2D eigenvalue weighted by Gasteiger charge is -2.11. The Balaban J connectivity index is 1.09. The molecule has 13 aromatic rings. The molecule has 0 saturated carbocycles. The van der Waals surface area contributed by atoms with Crippen molar-refractivity contribution in [2.24, 2.45) is 0 Å². The average molecular weight is 806 g/mol. The van der Waals surface area contributed by atoms with Crippen LogP contribution in [0.5, 0.6) is 0 Å². The summed E-state index contributed by atoms with van der Waals surface area (Å²) in [4.78, 5) is 15.5. The highest BCUT2D eigenvalue weighted by Crippen LogP contribution is 2.42. The predicted octanol–water partition coefficient (Wildman–Crippen LogP) is 14.6. The van der Waals surface area contributed by atoms with Crippen molar-refractivity contribution in [2.75, 3.05) is 0 Å². The summed E-state index contributed by atoms with van der Waals surface area (Å²) in [5.41, 5.74) is 13.5. The fourth-order valence-corrected chi connectivity index (χ4v) is 9.50. The van der Waals surface area contributed by atoms with Gasteiger partial charge in [-0.1, -0.05) is 140 Å². The summed E-state index contributed by atoms with van der Waals surface area (Å²) in [7, 11) is 0. The summed E-state index contributed by atoms with van der Waals surface area (Å²) in [5, 5.41) is 6.77. The predicted molar refractivity (Wildman–Crippen MR) is 258 cm³/mol. The molecule has 4 aromatic heterocycles. The number of hydrogen-bond acceptors (Lipinski definition) is 4. The van der Waals surface area contributed by atoms with Crippen molar-refractivity contribution in [2.45, 2.75) is 0 Å². The van der Waals surface area contributed by atoms with E-state index < -0.39 is 0 Å². The second-order valence-electron chi connectivity index (χ2n) is 16.0. The summed E-state index contributed by atoms with van der Waals surface area (Å²) in [6.07, 6.45) is 0. The van der Waals surface area contributed by atoms with Gasteiger partial charge in [-0.3, -0.25) is 0 Å². The van der Waals surface area contributed by atoms with Crippen LogP contribution in [0.1, 0.15) is 0 Å².